The molecule has 0 aliphatic rings. The van der Waals surface area contributed by atoms with Gasteiger partial charge < -0.3 is 0 Å². The fourth-order valence-electron chi connectivity index (χ4n) is 0.714. The predicted molar refractivity (Wildman–Crippen MR) is 39.9 cm³/mol. The first-order valence-corrected chi connectivity index (χ1v) is 12.4. The van der Waals surface area contributed by atoms with Crippen molar-refractivity contribution < 1.29 is 4.42 Å². The van der Waals surface area contributed by atoms with Crippen molar-refractivity contribution in [2.24, 2.45) is 0 Å². The van der Waals surface area contributed by atoms with Gasteiger partial charge in [0, 0.05) is 0 Å². The Morgan fingerprint density at radius 1 is 1.56 bits per heavy atom. The molecule has 1 heterocycles. The monoisotopic (exact) mass is 320 g/mol. The third-order valence-corrected chi connectivity index (χ3v) is 4.72. The van der Waals surface area contributed by atoms with Crippen LogP contribution in [0.15, 0.2) is 22.8 Å². The molecule has 0 saturated heterocycles. The number of hydrogen-bond donors (Lipinski definition) is 0. The normalized spacial score (nSPS) is 10.6. The van der Waals surface area contributed by atoms with Crippen LogP contribution in [0, 0.1) is 0 Å². The van der Waals surface area contributed by atoms with Crippen LogP contribution in [-0.2, 0) is 4.13 Å². The Hall–Kier alpha value is 0.163. The summed E-state index contributed by atoms with van der Waals surface area (Å²) >= 11 is -0.993. The van der Waals surface area contributed by atoms with Crippen molar-refractivity contribution >= 4 is 21.8 Å². The van der Waals surface area contributed by atoms with Gasteiger partial charge in [-0.1, -0.05) is 0 Å². The molecule has 0 saturated carbocycles. The van der Waals surface area contributed by atoms with E-state index >= 15 is 0 Å². The maximum atomic E-state index is 5.20. The average molecular weight is 320 g/mol. The van der Waals surface area contributed by atoms with Gasteiger partial charge in [-0.05, 0) is 0 Å². The van der Waals surface area contributed by atoms with Crippen LogP contribution >= 0.6 is 0 Å². The SMILES string of the molecule is [CH3][Bi]([CH3])[CH2]c1ccco1. The average Bonchev–Trinajstić information content (AvgIpc) is 2.15. The molecule has 0 aliphatic carbocycles. The van der Waals surface area contributed by atoms with Gasteiger partial charge in [0.15, 0.2) is 0 Å². The van der Waals surface area contributed by atoms with Crippen molar-refractivity contribution in [2.75, 3.05) is 0 Å². The Bertz CT molecular complexity index is 155. The van der Waals surface area contributed by atoms with E-state index in [2.05, 4.69) is 15.3 Å². The molecule has 1 aromatic rings. The molecular formula is C7H11BiO. The summed E-state index contributed by atoms with van der Waals surface area (Å²) in [5.41, 5.74) is 0. The van der Waals surface area contributed by atoms with Crippen LogP contribution < -0.4 is 0 Å². The fourth-order valence-corrected chi connectivity index (χ4v) is 3.84. The molecule has 0 unspecified atom stereocenters. The third kappa shape index (κ3) is 2.49. The first kappa shape index (κ1) is 7.27. The molecule has 0 bridgehead atoms. The van der Waals surface area contributed by atoms with E-state index in [1.54, 1.807) is 6.26 Å². The van der Waals surface area contributed by atoms with E-state index in [0.717, 1.165) is 0 Å². The van der Waals surface area contributed by atoms with Crippen molar-refractivity contribution in [3.63, 3.8) is 0 Å². The molecule has 9 heavy (non-hydrogen) atoms. The first-order valence-electron chi connectivity index (χ1n) is 2.96. The zero-order valence-electron chi connectivity index (χ0n) is 5.79. The molecule has 1 aromatic heterocycles. The molecule has 50 valence electrons. The number of rotatable bonds is 2. The second kappa shape index (κ2) is 3.36. The van der Waals surface area contributed by atoms with Crippen molar-refractivity contribution in [1.82, 2.24) is 0 Å². The third-order valence-electron chi connectivity index (χ3n) is 1.05. The van der Waals surface area contributed by atoms with Crippen LogP contribution in [0.25, 0.3) is 0 Å². The van der Waals surface area contributed by atoms with Gasteiger partial charge in [-0.2, -0.15) is 0 Å². The van der Waals surface area contributed by atoms with Crippen molar-refractivity contribution in [3.05, 3.63) is 24.2 Å². The molecular weight excluding hydrogens is 309 g/mol. The van der Waals surface area contributed by atoms with E-state index in [1.807, 2.05) is 6.07 Å². The fraction of sp³-hybridized carbons (Fsp3) is 0.429. The molecule has 2 heteroatoms. The number of furan rings is 1. The summed E-state index contributed by atoms with van der Waals surface area (Å²) in [5, 5.41) is 0. The molecule has 1 nitrogen and oxygen atoms in total. The van der Waals surface area contributed by atoms with E-state index in [1.165, 1.54) is 9.89 Å². The molecule has 1 rings (SSSR count). The zero-order valence-corrected chi connectivity index (χ0v) is 9.27. The molecule has 0 radical (unpaired) electrons. The molecule has 0 amide bonds. The van der Waals surface area contributed by atoms with E-state index in [0.29, 0.717) is 0 Å². The number of hydrogen-bond acceptors (Lipinski definition) is 1. The minimum atomic E-state index is -0.993. The zero-order chi connectivity index (χ0) is 6.69. The summed E-state index contributed by atoms with van der Waals surface area (Å²) in [6, 6.07) is 4.03. The van der Waals surface area contributed by atoms with E-state index < -0.39 is 21.8 Å². The van der Waals surface area contributed by atoms with Gasteiger partial charge in [0.1, 0.15) is 0 Å². The minimum absolute atomic E-state index is 0.993. The second-order valence-electron chi connectivity index (χ2n) is 2.32. The standard InChI is InChI=1S/C5H5O.2CH3.Bi/c1-5-3-2-4-6-5;;;/h2-4H,1H2;2*1H3;. The summed E-state index contributed by atoms with van der Waals surface area (Å²) in [5.74, 6) is 1.18. The molecule has 0 fully saturated rings. The van der Waals surface area contributed by atoms with Gasteiger partial charge in [-0.3, -0.25) is 0 Å². The summed E-state index contributed by atoms with van der Waals surface area (Å²) in [6.07, 6.45) is 1.75. The van der Waals surface area contributed by atoms with Gasteiger partial charge in [-0.15, -0.1) is 0 Å². The van der Waals surface area contributed by atoms with Crippen molar-refractivity contribution in [2.45, 2.75) is 13.4 Å². The summed E-state index contributed by atoms with van der Waals surface area (Å²) in [4.78, 5) is 0. The summed E-state index contributed by atoms with van der Waals surface area (Å²) in [7, 11) is 0. The Labute approximate surface area is 63.7 Å². The maximum absolute atomic E-state index is 5.20. The van der Waals surface area contributed by atoms with E-state index in [4.69, 9.17) is 4.42 Å². The first-order chi connectivity index (χ1) is 4.29. The molecule has 0 aliphatic heterocycles. The van der Waals surface area contributed by atoms with Gasteiger partial charge in [0.05, 0.1) is 0 Å². The van der Waals surface area contributed by atoms with Gasteiger partial charge in [-0.25, -0.2) is 0 Å². The van der Waals surface area contributed by atoms with Crippen LogP contribution in [0.1, 0.15) is 5.76 Å². The quantitative estimate of drug-likeness (QED) is 0.761. The summed E-state index contributed by atoms with van der Waals surface area (Å²) in [6.45, 7) is 0. The van der Waals surface area contributed by atoms with Gasteiger partial charge in [0.2, 0.25) is 0 Å². The molecule has 0 aromatic carbocycles. The summed E-state index contributed by atoms with van der Waals surface area (Å²) < 4.78 is 11.2. The molecule has 0 N–H and O–H groups in total. The van der Waals surface area contributed by atoms with Gasteiger partial charge in [0.25, 0.3) is 0 Å². The molecule has 0 spiro atoms. The van der Waals surface area contributed by atoms with Crippen molar-refractivity contribution in [3.8, 4) is 0 Å². The Balaban J connectivity index is 2.48. The van der Waals surface area contributed by atoms with Crippen molar-refractivity contribution in [1.29, 1.82) is 0 Å². The Morgan fingerprint density at radius 2 is 2.33 bits per heavy atom. The van der Waals surface area contributed by atoms with E-state index in [9.17, 15) is 0 Å². The Morgan fingerprint density at radius 3 is 2.78 bits per heavy atom. The van der Waals surface area contributed by atoms with Crippen LogP contribution in [0.4, 0.5) is 0 Å². The van der Waals surface area contributed by atoms with Gasteiger partial charge >= 0.3 is 63.7 Å². The van der Waals surface area contributed by atoms with E-state index in [-0.39, 0.29) is 0 Å². The van der Waals surface area contributed by atoms with Crippen LogP contribution in [0.2, 0.25) is 9.26 Å². The second-order valence-corrected chi connectivity index (χ2v) is 11.9. The predicted octanol–water partition coefficient (Wildman–Crippen LogP) is 2.12. The Kier molecular flexibility index (Phi) is 2.72. The van der Waals surface area contributed by atoms with Crippen LogP contribution in [0.5, 0.6) is 0 Å². The topological polar surface area (TPSA) is 13.1 Å². The van der Waals surface area contributed by atoms with Crippen LogP contribution in [-0.4, -0.2) is 21.8 Å². The van der Waals surface area contributed by atoms with Crippen LogP contribution in [0.3, 0.4) is 0 Å². The molecule has 0 atom stereocenters.